The number of hydrogen-bond acceptors (Lipinski definition) is 4. The van der Waals surface area contributed by atoms with Crippen molar-refractivity contribution in [2.24, 2.45) is 0 Å². The van der Waals surface area contributed by atoms with E-state index in [0.29, 0.717) is 45.5 Å². The highest BCUT2D eigenvalue weighted by Crippen LogP contribution is 2.30. The van der Waals surface area contributed by atoms with Gasteiger partial charge in [0.15, 0.2) is 5.11 Å². The van der Waals surface area contributed by atoms with Crippen LogP contribution in [0.25, 0.3) is 6.08 Å². The number of amides is 1. The molecule has 0 bridgehead atoms. The highest BCUT2D eigenvalue weighted by atomic mass is 35.5. The summed E-state index contributed by atoms with van der Waals surface area (Å²) >= 11 is 11.5. The fraction of sp³-hybridized carbons (Fsp3) is 0.211. The van der Waals surface area contributed by atoms with E-state index in [4.69, 9.17) is 28.6 Å². The number of anilines is 1. The van der Waals surface area contributed by atoms with Gasteiger partial charge in [-0.3, -0.25) is 9.69 Å². The number of nitrogens with zero attached hydrogens (tertiary/aromatic N) is 1. The molecule has 8 heteroatoms. The van der Waals surface area contributed by atoms with Crippen LogP contribution in [0.15, 0.2) is 30.0 Å². The van der Waals surface area contributed by atoms with Gasteiger partial charge in [-0.15, -0.1) is 0 Å². The molecule has 0 atom stereocenters. The van der Waals surface area contributed by atoms with Crippen molar-refractivity contribution in [1.82, 2.24) is 10.3 Å². The van der Waals surface area contributed by atoms with Crippen LogP contribution in [0.4, 0.5) is 5.69 Å². The molecule has 1 fully saturated rings. The van der Waals surface area contributed by atoms with Crippen molar-refractivity contribution in [2.75, 3.05) is 11.5 Å². The van der Waals surface area contributed by atoms with E-state index in [1.807, 2.05) is 0 Å². The first-order valence-corrected chi connectivity index (χ1v) is 9.11. The van der Waals surface area contributed by atoms with Crippen molar-refractivity contribution in [3.8, 4) is 0 Å². The molecule has 1 saturated heterocycles. The van der Waals surface area contributed by atoms with Gasteiger partial charge in [0.2, 0.25) is 0 Å². The summed E-state index contributed by atoms with van der Waals surface area (Å²) in [5.74, 6) is -0.718. The number of aryl methyl sites for hydroxylation is 1. The molecule has 27 heavy (non-hydrogen) atoms. The highest BCUT2D eigenvalue weighted by Gasteiger charge is 2.33. The maximum Gasteiger partial charge on any atom is 0.340 e. The molecule has 0 unspecified atom stereocenters. The van der Waals surface area contributed by atoms with Gasteiger partial charge in [0.05, 0.1) is 22.9 Å². The third-order valence-corrected chi connectivity index (χ3v) is 4.82. The van der Waals surface area contributed by atoms with Crippen LogP contribution in [-0.2, 0) is 9.53 Å². The Morgan fingerprint density at radius 3 is 2.70 bits per heavy atom. The maximum absolute atomic E-state index is 12.9. The average Bonchev–Trinajstić information content (AvgIpc) is 3.04. The summed E-state index contributed by atoms with van der Waals surface area (Å²) in [6.07, 6.45) is 1.64. The van der Waals surface area contributed by atoms with Crippen LogP contribution in [0, 0.1) is 13.8 Å². The number of H-pyrrole nitrogens is 1. The quantitative estimate of drug-likeness (QED) is 0.462. The number of halogens is 1. The summed E-state index contributed by atoms with van der Waals surface area (Å²) in [6.45, 7) is 5.63. The SMILES string of the molecule is CCOC(=O)c1c(C)[nH]c(/C=C2\NC(=S)N(c3ccccc3Cl)C2=O)c1C. The number of carbonyl (C=O) groups excluding carboxylic acids is 2. The Hall–Kier alpha value is -2.64. The first kappa shape index (κ1) is 19.1. The van der Waals surface area contributed by atoms with Gasteiger partial charge in [0.1, 0.15) is 5.70 Å². The summed E-state index contributed by atoms with van der Waals surface area (Å²) in [5.41, 5.74) is 3.29. The van der Waals surface area contributed by atoms with E-state index >= 15 is 0 Å². The third-order valence-electron chi connectivity index (χ3n) is 4.22. The molecule has 1 amide bonds. The number of carbonyl (C=O) groups is 2. The monoisotopic (exact) mass is 403 g/mol. The second-order valence-corrected chi connectivity index (χ2v) is 6.76. The van der Waals surface area contributed by atoms with Gasteiger partial charge in [-0.2, -0.15) is 0 Å². The molecule has 2 aromatic rings. The van der Waals surface area contributed by atoms with E-state index in [-0.39, 0.29) is 11.0 Å². The van der Waals surface area contributed by atoms with Crippen LogP contribution >= 0.6 is 23.8 Å². The molecule has 1 aliphatic rings. The molecule has 2 N–H and O–H groups in total. The van der Waals surface area contributed by atoms with E-state index in [1.165, 1.54) is 4.90 Å². The van der Waals surface area contributed by atoms with Crippen molar-refractivity contribution in [3.63, 3.8) is 0 Å². The Morgan fingerprint density at radius 2 is 2.04 bits per heavy atom. The molecule has 0 aliphatic carbocycles. The molecular formula is C19H18ClN3O3S. The third kappa shape index (κ3) is 3.48. The highest BCUT2D eigenvalue weighted by molar-refractivity contribution is 7.80. The minimum absolute atomic E-state index is 0.242. The Morgan fingerprint density at radius 1 is 1.33 bits per heavy atom. The summed E-state index contributed by atoms with van der Waals surface area (Å²) in [4.78, 5) is 29.5. The van der Waals surface area contributed by atoms with Gasteiger partial charge in [-0.05, 0) is 56.8 Å². The second-order valence-electron chi connectivity index (χ2n) is 5.96. The molecule has 2 heterocycles. The van der Waals surface area contributed by atoms with Crippen molar-refractivity contribution in [3.05, 3.63) is 57.5 Å². The predicted octanol–water partition coefficient (Wildman–Crippen LogP) is 3.72. The number of aromatic amines is 1. The molecule has 1 aliphatic heterocycles. The molecular weight excluding hydrogens is 386 g/mol. The van der Waals surface area contributed by atoms with Gasteiger partial charge in [0, 0.05) is 11.4 Å². The zero-order chi connectivity index (χ0) is 19.7. The zero-order valence-corrected chi connectivity index (χ0v) is 16.6. The summed E-state index contributed by atoms with van der Waals surface area (Å²) < 4.78 is 5.09. The average molecular weight is 404 g/mol. The van der Waals surface area contributed by atoms with Gasteiger partial charge >= 0.3 is 5.97 Å². The first-order chi connectivity index (χ1) is 12.8. The van der Waals surface area contributed by atoms with Crippen LogP contribution in [0.1, 0.15) is 34.2 Å². The Kier molecular flexibility index (Phi) is 5.34. The fourth-order valence-corrected chi connectivity index (χ4v) is 3.47. The predicted molar refractivity (Wildman–Crippen MR) is 109 cm³/mol. The molecule has 140 valence electrons. The summed E-state index contributed by atoms with van der Waals surface area (Å²) in [6, 6.07) is 6.98. The number of rotatable bonds is 4. The van der Waals surface area contributed by atoms with E-state index in [2.05, 4.69) is 10.3 Å². The number of para-hydroxylation sites is 1. The van der Waals surface area contributed by atoms with Gasteiger partial charge in [-0.25, -0.2) is 4.79 Å². The van der Waals surface area contributed by atoms with Crippen LogP contribution < -0.4 is 10.2 Å². The van der Waals surface area contributed by atoms with Crippen LogP contribution in [0.5, 0.6) is 0 Å². The van der Waals surface area contributed by atoms with Gasteiger partial charge < -0.3 is 15.0 Å². The summed E-state index contributed by atoms with van der Waals surface area (Å²) in [7, 11) is 0. The molecule has 6 nitrogen and oxygen atoms in total. The number of hydrogen-bond donors (Lipinski definition) is 2. The van der Waals surface area contributed by atoms with Crippen molar-refractivity contribution < 1.29 is 14.3 Å². The lowest BCUT2D eigenvalue weighted by molar-refractivity contribution is -0.113. The van der Waals surface area contributed by atoms with Crippen molar-refractivity contribution in [1.29, 1.82) is 0 Å². The van der Waals surface area contributed by atoms with Crippen molar-refractivity contribution >= 4 is 52.6 Å². The molecule has 0 spiro atoms. The lowest BCUT2D eigenvalue weighted by Crippen LogP contribution is -2.30. The molecule has 0 saturated carbocycles. The largest absolute Gasteiger partial charge is 0.462 e. The molecule has 0 radical (unpaired) electrons. The number of benzene rings is 1. The van der Waals surface area contributed by atoms with Crippen LogP contribution in [0.3, 0.4) is 0 Å². The number of thiocarbonyl (C=S) groups is 1. The lowest BCUT2D eigenvalue weighted by atomic mass is 10.1. The standard InChI is InChI=1S/C19H18ClN3O3S/c1-4-26-18(25)16-10(2)13(21-11(16)3)9-14-17(24)23(19(27)22-14)15-8-6-5-7-12(15)20/h5-9,21H,4H2,1-3H3,(H,22,27)/b14-9-. The lowest BCUT2D eigenvalue weighted by Gasteiger charge is -2.15. The van der Waals surface area contributed by atoms with E-state index < -0.39 is 5.97 Å². The minimum atomic E-state index is -0.396. The Bertz CT molecular complexity index is 981. The Labute approximate surface area is 167 Å². The van der Waals surface area contributed by atoms with E-state index in [9.17, 15) is 9.59 Å². The van der Waals surface area contributed by atoms with E-state index in [1.54, 1.807) is 51.1 Å². The number of aromatic nitrogens is 1. The van der Waals surface area contributed by atoms with Crippen molar-refractivity contribution in [2.45, 2.75) is 20.8 Å². The number of nitrogens with one attached hydrogen (secondary N) is 2. The van der Waals surface area contributed by atoms with Gasteiger partial charge in [-0.1, -0.05) is 23.7 Å². The zero-order valence-electron chi connectivity index (χ0n) is 15.1. The normalized spacial score (nSPS) is 15.4. The maximum atomic E-state index is 12.9. The van der Waals surface area contributed by atoms with Gasteiger partial charge in [0.25, 0.3) is 5.91 Å². The van der Waals surface area contributed by atoms with Crippen LogP contribution in [-0.4, -0.2) is 28.6 Å². The molecule has 1 aromatic carbocycles. The summed E-state index contributed by atoms with van der Waals surface area (Å²) in [5, 5.41) is 3.58. The van der Waals surface area contributed by atoms with Crippen LogP contribution in [0.2, 0.25) is 5.02 Å². The van der Waals surface area contributed by atoms with E-state index in [0.717, 1.165) is 0 Å². The molecule has 3 rings (SSSR count). The minimum Gasteiger partial charge on any atom is -0.462 e. The topological polar surface area (TPSA) is 74.4 Å². The first-order valence-electron chi connectivity index (χ1n) is 8.33. The number of ether oxygens (including phenoxy) is 1. The number of esters is 1. The Balaban J connectivity index is 1.97. The molecule has 1 aromatic heterocycles. The fourth-order valence-electron chi connectivity index (χ4n) is 2.96. The second kappa shape index (κ2) is 7.54. The smallest absolute Gasteiger partial charge is 0.340 e.